The SMILES string of the molecule is CC(=O)N[C@H]1C([C@H](O)[C@H](O)CO)O[C@](C(=O)[O-])(P(=O)([O-])OC[C@H]2O[C@@H](n3ccc(N)nc3=O)C(O)[C@H]2O)C[C@@H]1O. The highest BCUT2D eigenvalue weighted by atomic mass is 31.2. The molecule has 11 atom stereocenters. The summed E-state index contributed by atoms with van der Waals surface area (Å²) in [5, 5.41) is 71.5. The van der Waals surface area contributed by atoms with Crippen molar-refractivity contribution in [2.24, 2.45) is 0 Å². The third kappa shape index (κ3) is 6.04. The molecule has 0 saturated carbocycles. The number of carbonyl (C=O) groups excluding carboxylic acids is 2. The van der Waals surface area contributed by atoms with Gasteiger partial charge in [-0.1, -0.05) is 0 Å². The molecule has 2 aliphatic heterocycles. The average molecular weight is 596 g/mol. The number of carboxylic acid groups (broad SMARTS) is 1. The first kappa shape index (κ1) is 32.0. The van der Waals surface area contributed by atoms with Crippen LogP contribution in [0.4, 0.5) is 5.82 Å². The third-order valence-corrected chi connectivity index (χ3v) is 8.35. The van der Waals surface area contributed by atoms with Crippen molar-refractivity contribution < 1.29 is 68.8 Å². The summed E-state index contributed by atoms with van der Waals surface area (Å²) in [6.45, 7) is -1.24. The molecule has 9 N–H and O–H groups in total. The first-order chi connectivity index (χ1) is 18.6. The maximum absolute atomic E-state index is 13.2. The number of aliphatic carboxylic acids is 1. The van der Waals surface area contributed by atoms with Crippen LogP contribution in [0.1, 0.15) is 19.6 Å². The van der Waals surface area contributed by atoms with Gasteiger partial charge in [0.05, 0.1) is 31.3 Å². The van der Waals surface area contributed by atoms with Gasteiger partial charge in [-0.15, -0.1) is 0 Å². The molecule has 0 aliphatic carbocycles. The van der Waals surface area contributed by atoms with Gasteiger partial charge >= 0.3 is 5.69 Å². The van der Waals surface area contributed by atoms with Gasteiger partial charge in [-0.05, 0) is 6.07 Å². The number of nitrogen functional groups attached to an aromatic ring is 1. The number of nitrogens with zero attached hydrogens (tertiary/aromatic N) is 2. The van der Waals surface area contributed by atoms with Crippen LogP contribution in [0.2, 0.25) is 0 Å². The van der Waals surface area contributed by atoms with E-state index in [9.17, 15) is 59.6 Å². The molecular formula is C20H29N4O15P-2. The highest BCUT2D eigenvalue weighted by Gasteiger charge is 2.57. The summed E-state index contributed by atoms with van der Waals surface area (Å²) in [7, 11) is -5.91. The predicted octanol–water partition coefficient (Wildman–Crippen LogP) is -7.17. The number of amides is 1. The molecule has 2 saturated heterocycles. The fourth-order valence-electron chi connectivity index (χ4n) is 4.41. The number of carboxylic acids is 1. The summed E-state index contributed by atoms with van der Waals surface area (Å²) >= 11 is 0. The van der Waals surface area contributed by atoms with Gasteiger partial charge in [0.15, 0.2) is 19.2 Å². The van der Waals surface area contributed by atoms with Crippen LogP contribution in [0, 0.1) is 0 Å². The van der Waals surface area contributed by atoms with Crippen molar-refractivity contribution in [3.63, 3.8) is 0 Å². The molecule has 3 unspecified atom stereocenters. The summed E-state index contributed by atoms with van der Waals surface area (Å²) in [5.74, 6) is -3.41. The number of anilines is 1. The first-order valence-electron chi connectivity index (χ1n) is 11.7. The molecule has 20 heteroatoms. The molecule has 0 radical (unpaired) electrons. The van der Waals surface area contributed by atoms with Crippen LogP contribution in [-0.2, 0) is 28.2 Å². The van der Waals surface area contributed by atoms with Gasteiger partial charge in [0.1, 0.15) is 42.4 Å². The normalized spacial score (nSPS) is 35.5. The monoisotopic (exact) mass is 596 g/mol. The van der Waals surface area contributed by atoms with E-state index in [4.69, 9.17) is 19.7 Å². The number of rotatable bonds is 10. The molecule has 2 aliphatic rings. The second-order valence-electron chi connectivity index (χ2n) is 9.27. The lowest BCUT2D eigenvalue weighted by Gasteiger charge is -2.53. The smallest absolute Gasteiger partial charge is 0.351 e. The maximum atomic E-state index is 13.2. The zero-order valence-corrected chi connectivity index (χ0v) is 21.6. The van der Waals surface area contributed by atoms with Gasteiger partial charge in [-0.25, -0.2) is 4.79 Å². The summed E-state index contributed by atoms with van der Waals surface area (Å²) in [6.07, 6.45) is -15.5. The van der Waals surface area contributed by atoms with Crippen LogP contribution < -0.4 is 26.7 Å². The largest absolute Gasteiger partial charge is 0.776 e. The Morgan fingerprint density at radius 1 is 1.35 bits per heavy atom. The summed E-state index contributed by atoms with van der Waals surface area (Å²) in [6, 6.07) is -0.467. The molecule has 0 aromatic carbocycles. The molecule has 3 rings (SSSR count). The van der Waals surface area contributed by atoms with E-state index in [2.05, 4.69) is 10.3 Å². The van der Waals surface area contributed by atoms with Gasteiger partial charge in [0, 0.05) is 19.5 Å². The lowest BCUT2D eigenvalue weighted by atomic mass is 9.89. The Balaban J connectivity index is 1.87. The Bertz CT molecular complexity index is 1200. The van der Waals surface area contributed by atoms with E-state index < -0.39 is 105 Å². The fraction of sp³-hybridized carbons (Fsp3) is 0.700. The van der Waals surface area contributed by atoms with Crippen molar-refractivity contribution in [1.29, 1.82) is 0 Å². The summed E-state index contributed by atoms with van der Waals surface area (Å²) < 4.78 is 29.3. The fourth-order valence-corrected chi connectivity index (χ4v) is 5.85. The van der Waals surface area contributed by atoms with Crippen LogP contribution in [0.15, 0.2) is 17.1 Å². The molecule has 0 bridgehead atoms. The summed E-state index contributed by atoms with van der Waals surface area (Å²) in [4.78, 5) is 52.5. The lowest BCUT2D eigenvalue weighted by Crippen LogP contribution is -2.69. The zero-order valence-electron chi connectivity index (χ0n) is 20.7. The zero-order chi connectivity index (χ0) is 30.2. The number of nitrogens with two attached hydrogens (primary N) is 1. The van der Waals surface area contributed by atoms with Gasteiger partial charge in [0.2, 0.25) is 5.91 Å². The molecule has 3 heterocycles. The van der Waals surface area contributed by atoms with Crippen molar-refractivity contribution in [3.8, 4) is 0 Å². The Hall–Kier alpha value is -2.55. The van der Waals surface area contributed by atoms with E-state index in [1.165, 1.54) is 6.07 Å². The van der Waals surface area contributed by atoms with E-state index in [1.54, 1.807) is 0 Å². The van der Waals surface area contributed by atoms with Crippen LogP contribution >= 0.6 is 7.60 Å². The number of aromatic nitrogens is 2. The quantitative estimate of drug-likeness (QED) is 0.116. The van der Waals surface area contributed by atoms with Gasteiger partial charge in [-0.2, -0.15) is 4.98 Å². The topological polar surface area (TPSA) is 319 Å². The Kier molecular flexibility index (Phi) is 9.70. The van der Waals surface area contributed by atoms with E-state index in [0.717, 1.165) is 17.7 Å². The molecule has 1 aromatic heterocycles. The molecule has 19 nitrogen and oxygen atoms in total. The van der Waals surface area contributed by atoms with Gasteiger partial charge < -0.3 is 75.0 Å². The third-order valence-electron chi connectivity index (χ3n) is 6.51. The van der Waals surface area contributed by atoms with Crippen molar-refractivity contribution in [3.05, 3.63) is 22.7 Å². The number of ether oxygens (including phenoxy) is 2. The summed E-state index contributed by atoms with van der Waals surface area (Å²) in [5.41, 5.74) is 4.43. The van der Waals surface area contributed by atoms with Gasteiger partial charge in [0.25, 0.3) is 0 Å². The minimum absolute atomic E-state index is 0.153. The van der Waals surface area contributed by atoms with Crippen LogP contribution in [0.5, 0.6) is 0 Å². The standard InChI is InChI=1S/C20H31N4O15P/c1-7(26)22-12-8(27)4-20(18(32)33,39-16(12)13(29)9(28)5-25)40(35,36)37-6-10-14(30)15(31)17(38-10)24-3-2-11(21)23-19(24)34/h2-3,8-10,12-17,25,27-31H,4-6H2,1H3,(H,22,26)(H,32,33)(H,35,36)(H2,21,23,34)/p-2/t8-,9+,10+,12+,13+,14-,15?,16?,17+,20-/m0/s1. The second-order valence-corrected chi connectivity index (χ2v) is 11.2. The average Bonchev–Trinajstić information content (AvgIpc) is 3.15. The maximum Gasteiger partial charge on any atom is 0.351 e. The molecule has 1 aromatic rings. The lowest BCUT2D eigenvalue weighted by molar-refractivity contribution is -0.337. The van der Waals surface area contributed by atoms with Crippen molar-refractivity contribution >= 4 is 25.3 Å². The number of hydrogen-bond donors (Lipinski definition) is 8. The number of carbonyl (C=O) groups is 2. The molecule has 40 heavy (non-hydrogen) atoms. The number of nitrogens with one attached hydrogen (secondary N) is 1. The van der Waals surface area contributed by atoms with E-state index >= 15 is 0 Å². The number of aliphatic hydroxyl groups is 6. The second kappa shape index (κ2) is 12.1. The number of aliphatic hydroxyl groups excluding tert-OH is 6. The van der Waals surface area contributed by atoms with E-state index in [0.29, 0.717) is 0 Å². The number of hydrogen-bond acceptors (Lipinski definition) is 17. The first-order valence-corrected chi connectivity index (χ1v) is 13.2. The van der Waals surface area contributed by atoms with E-state index in [1.807, 2.05) is 0 Å². The minimum Gasteiger partial charge on any atom is -0.776 e. The van der Waals surface area contributed by atoms with Crippen molar-refractivity contribution in [2.45, 2.75) is 73.7 Å². The molecule has 0 spiro atoms. The van der Waals surface area contributed by atoms with Crippen molar-refractivity contribution in [1.82, 2.24) is 14.9 Å². The van der Waals surface area contributed by atoms with E-state index in [-0.39, 0.29) is 5.82 Å². The van der Waals surface area contributed by atoms with Crippen LogP contribution in [0.25, 0.3) is 0 Å². The Morgan fingerprint density at radius 2 is 2.00 bits per heavy atom. The highest BCUT2D eigenvalue weighted by Crippen LogP contribution is 2.57. The molecular weight excluding hydrogens is 567 g/mol. The molecule has 226 valence electrons. The molecule has 2 fully saturated rings. The van der Waals surface area contributed by atoms with Crippen molar-refractivity contribution in [2.75, 3.05) is 18.9 Å². The minimum atomic E-state index is -5.91. The van der Waals surface area contributed by atoms with Crippen LogP contribution in [-0.4, -0.2) is 119 Å². The highest BCUT2D eigenvalue weighted by molar-refractivity contribution is 7.54. The predicted molar refractivity (Wildman–Crippen MR) is 122 cm³/mol. The van der Waals surface area contributed by atoms with Crippen LogP contribution in [0.3, 0.4) is 0 Å². The Morgan fingerprint density at radius 3 is 2.55 bits per heavy atom. The van der Waals surface area contributed by atoms with Gasteiger partial charge in [-0.3, -0.25) is 9.36 Å². The Labute approximate surface area is 224 Å². The molecule has 1 amide bonds.